The minimum absolute atomic E-state index is 0.0630. The number of sulfonamides is 1. The zero-order valence-electron chi connectivity index (χ0n) is 21.2. The molecule has 37 heavy (non-hydrogen) atoms. The Balaban J connectivity index is 1.60. The second-order valence-electron chi connectivity index (χ2n) is 9.36. The first kappa shape index (κ1) is 28.9. The van der Waals surface area contributed by atoms with Crippen molar-refractivity contribution in [2.45, 2.75) is 52.2 Å². The number of piperazine rings is 1. The fraction of sp³-hybridized carbons (Fsp3) is 0.462. The van der Waals surface area contributed by atoms with Crippen molar-refractivity contribution >= 4 is 33.4 Å². The molecular weight excluding hydrogens is 521 g/mol. The van der Waals surface area contributed by atoms with E-state index in [9.17, 15) is 22.4 Å². The maximum absolute atomic E-state index is 13.2. The molecule has 0 bridgehead atoms. The van der Waals surface area contributed by atoms with Crippen molar-refractivity contribution in [3.05, 3.63) is 64.4 Å². The number of carbonyl (C=O) groups is 2. The van der Waals surface area contributed by atoms with Crippen LogP contribution in [-0.2, 0) is 32.6 Å². The Morgan fingerprint density at radius 1 is 1.11 bits per heavy atom. The Bertz CT molecular complexity index is 1210. The van der Waals surface area contributed by atoms with Crippen LogP contribution in [0.1, 0.15) is 38.3 Å². The van der Waals surface area contributed by atoms with Crippen molar-refractivity contribution in [1.82, 2.24) is 14.5 Å². The van der Waals surface area contributed by atoms with Crippen LogP contribution in [0.5, 0.6) is 5.75 Å². The van der Waals surface area contributed by atoms with Gasteiger partial charge in [0.05, 0.1) is 12.2 Å². The topological polar surface area (TPSA) is 96.0 Å². The van der Waals surface area contributed by atoms with E-state index in [-0.39, 0.29) is 48.3 Å². The summed E-state index contributed by atoms with van der Waals surface area (Å²) in [6, 6.07) is 11.1. The third-order valence-electron chi connectivity index (χ3n) is 6.20. The van der Waals surface area contributed by atoms with E-state index in [1.165, 1.54) is 18.2 Å². The van der Waals surface area contributed by atoms with Crippen LogP contribution >= 0.6 is 11.6 Å². The summed E-state index contributed by atoms with van der Waals surface area (Å²) in [5, 5.41) is 0.359. The average molecular weight is 554 g/mol. The molecule has 2 atom stereocenters. The molecule has 11 heteroatoms. The lowest BCUT2D eigenvalue weighted by atomic mass is 10.1. The van der Waals surface area contributed by atoms with Crippen molar-refractivity contribution < 1.29 is 27.1 Å². The minimum Gasteiger partial charge on any atom is -0.483 e. The van der Waals surface area contributed by atoms with Gasteiger partial charge in [-0.2, -0.15) is 0 Å². The van der Waals surface area contributed by atoms with E-state index < -0.39 is 15.9 Å². The zero-order valence-corrected chi connectivity index (χ0v) is 22.8. The molecule has 1 aliphatic heterocycles. The number of halogens is 2. The van der Waals surface area contributed by atoms with Gasteiger partial charge in [0.2, 0.25) is 15.9 Å². The van der Waals surface area contributed by atoms with Crippen molar-refractivity contribution in [3.63, 3.8) is 0 Å². The molecule has 202 valence electrons. The van der Waals surface area contributed by atoms with Gasteiger partial charge >= 0.3 is 0 Å². The summed E-state index contributed by atoms with van der Waals surface area (Å²) in [7, 11) is -3.71. The second kappa shape index (κ2) is 12.7. The van der Waals surface area contributed by atoms with E-state index in [4.69, 9.17) is 16.3 Å². The molecule has 0 saturated carbocycles. The van der Waals surface area contributed by atoms with Crippen LogP contribution in [0.15, 0.2) is 42.5 Å². The number of benzene rings is 2. The molecule has 8 nitrogen and oxygen atoms in total. The van der Waals surface area contributed by atoms with Crippen LogP contribution in [0.3, 0.4) is 0 Å². The van der Waals surface area contributed by atoms with Gasteiger partial charge in [0, 0.05) is 42.3 Å². The molecule has 2 amide bonds. The number of amides is 2. The van der Waals surface area contributed by atoms with Crippen LogP contribution in [0.25, 0.3) is 0 Å². The van der Waals surface area contributed by atoms with E-state index in [0.29, 0.717) is 36.6 Å². The van der Waals surface area contributed by atoms with E-state index in [1.807, 2.05) is 18.6 Å². The predicted octanol–water partition coefficient (Wildman–Crippen LogP) is 3.38. The van der Waals surface area contributed by atoms with E-state index >= 15 is 0 Å². The standard InChI is InChI=1S/C26H33ClFN3O5S/c1-4-11-37(34,35)29-25(32)13-21-12-22(27)7-10-24(21)36-17-26(33)31-15-18(2)30(14-19(31)3)16-20-5-8-23(28)9-6-20/h5-10,12,18-19H,4,11,13-17H2,1-3H3,(H,29,32)/t18-,19+/m0/s1. The van der Waals surface area contributed by atoms with Crippen LogP contribution in [0, 0.1) is 5.82 Å². The third kappa shape index (κ3) is 8.41. The summed E-state index contributed by atoms with van der Waals surface area (Å²) in [4.78, 5) is 29.4. The highest BCUT2D eigenvalue weighted by atomic mass is 35.5. The van der Waals surface area contributed by atoms with Crippen LogP contribution in [-0.4, -0.2) is 67.6 Å². The maximum atomic E-state index is 13.2. The Kier molecular flexibility index (Phi) is 9.92. The summed E-state index contributed by atoms with van der Waals surface area (Å²) in [6.07, 6.45) is 0.121. The molecule has 0 aliphatic carbocycles. The Hall–Kier alpha value is -2.69. The van der Waals surface area contributed by atoms with Gasteiger partial charge in [-0.05, 0) is 56.2 Å². The maximum Gasteiger partial charge on any atom is 0.260 e. The molecule has 2 aromatic carbocycles. The number of nitrogens with one attached hydrogen (secondary N) is 1. The predicted molar refractivity (Wildman–Crippen MR) is 140 cm³/mol. The largest absolute Gasteiger partial charge is 0.483 e. The highest BCUT2D eigenvalue weighted by Gasteiger charge is 2.32. The van der Waals surface area contributed by atoms with Crippen molar-refractivity contribution in [1.29, 1.82) is 0 Å². The van der Waals surface area contributed by atoms with Gasteiger partial charge in [-0.25, -0.2) is 12.8 Å². The van der Waals surface area contributed by atoms with Gasteiger partial charge in [0.25, 0.3) is 5.91 Å². The SMILES string of the molecule is CCCS(=O)(=O)NC(=O)Cc1cc(Cl)ccc1OCC(=O)N1C[C@H](C)N(Cc2ccc(F)cc2)C[C@H]1C. The molecule has 1 heterocycles. The molecule has 0 unspecified atom stereocenters. The molecule has 0 radical (unpaired) electrons. The van der Waals surface area contributed by atoms with Crippen LogP contribution < -0.4 is 9.46 Å². The lowest BCUT2D eigenvalue weighted by molar-refractivity contribution is -0.139. The van der Waals surface area contributed by atoms with E-state index in [0.717, 1.165) is 5.56 Å². The molecule has 1 N–H and O–H groups in total. The summed E-state index contributed by atoms with van der Waals surface area (Å²) < 4.78 is 44.9. The summed E-state index contributed by atoms with van der Waals surface area (Å²) >= 11 is 6.08. The minimum atomic E-state index is -3.71. The van der Waals surface area contributed by atoms with Gasteiger partial charge in [0.1, 0.15) is 11.6 Å². The Morgan fingerprint density at radius 3 is 2.49 bits per heavy atom. The zero-order chi connectivity index (χ0) is 27.2. The van der Waals surface area contributed by atoms with Crippen LogP contribution in [0.4, 0.5) is 4.39 Å². The monoisotopic (exact) mass is 553 g/mol. The van der Waals surface area contributed by atoms with Crippen LogP contribution in [0.2, 0.25) is 5.02 Å². The van der Waals surface area contributed by atoms with Gasteiger partial charge in [-0.3, -0.25) is 19.2 Å². The number of carbonyl (C=O) groups excluding carboxylic acids is 2. The molecule has 0 spiro atoms. The first-order chi connectivity index (χ1) is 17.5. The molecule has 1 aliphatic rings. The fourth-order valence-corrected chi connectivity index (χ4v) is 5.60. The quantitative estimate of drug-likeness (QED) is 0.484. The van der Waals surface area contributed by atoms with Crippen molar-refractivity contribution in [2.24, 2.45) is 0 Å². The van der Waals surface area contributed by atoms with Crippen molar-refractivity contribution in [3.8, 4) is 5.75 Å². The number of nitrogens with zero attached hydrogens (tertiary/aromatic N) is 2. The van der Waals surface area contributed by atoms with Crippen molar-refractivity contribution in [2.75, 3.05) is 25.4 Å². The van der Waals surface area contributed by atoms with E-state index in [2.05, 4.69) is 4.90 Å². The smallest absolute Gasteiger partial charge is 0.260 e. The van der Waals surface area contributed by atoms with Gasteiger partial charge in [-0.1, -0.05) is 30.7 Å². The number of rotatable bonds is 10. The lowest BCUT2D eigenvalue weighted by Crippen LogP contribution is -2.58. The first-order valence-corrected chi connectivity index (χ1v) is 14.2. The summed E-state index contributed by atoms with van der Waals surface area (Å²) in [5.74, 6) is -1.04. The summed E-state index contributed by atoms with van der Waals surface area (Å²) in [5.41, 5.74) is 1.39. The van der Waals surface area contributed by atoms with Gasteiger partial charge in [-0.15, -0.1) is 0 Å². The van der Waals surface area contributed by atoms with E-state index in [1.54, 1.807) is 36.1 Å². The molecule has 3 rings (SSSR count). The molecular formula is C26H33ClFN3O5S. The Labute approximate surface area is 222 Å². The molecule has 0 aromatic heterocycles. The highest BCUT2D eigenvalue weighted by Crippen LogP contribution is 2.24. The second-order valence-corrected chi connectivity index (χ2v) is 11.6. The normalized spacial score (nSPS) is 18.5. The highest BCUT2D eigenvalue weighted by molar-refractivity contribution is 7.90. The number of hydrogen-bond acceptors (Lipinski definition) is 6. The number of hydrogen-bond donors (Lipinski definition) is 1. The molecule has 2 aromatic rings. The third-order valence-corrected chi connectivity index (χ3v) is 7.92. The molecule has 1 fully saturated rings. The lowest BCUT2D eigenvalue weighted by Gasteiger charge is -2.44. The Morgan fingerprint density at radius 2 is 1.81 bits per heavy atom. The van der Waals surface area contributed by atoms with Gasteiger partial charge in [0.15, 0.2) is 6.61 Å². The fourth-order valence-electron chi connectivity index (χ4n) is 4.34. The molecule has 1 saturated heterocycles. The summed E-state index contributed by atoms with van der Waals surface area (Å²) in [6.45, 7) is 7.30. The van der Waals surface area contributed by atoms with Gasteiger partial charge < -0.3 is 9.64 Å². The number of ether oxygens (including phenoxy) is 1. The first-order valence-electron chi connectivity index (χ1n) is 12.2. The average Bonchev–Trinajstić information content (AvgIpc) is 2.81.